The average Bonchev–Trinajstić information content (AvgIpc) is 2.83. The van der Waals surface area contributed by atoms with Gasteiger partial charge in [0.05, 0.1) is 38.3 Å². The van der Waals surface area contributed by atoms with Crippen LogP contribution in [-0.4, -0.2) is 66.3 Å². The molecule has 0 aromatic heterocycles. The van der Waals surface area contributed by atoms with Gasteiger partial charge in [0, 0.05) is 28.9 Å². The third-order valence-corrected chi connectivity index (χ3v) is 5.51. The number of aliphatic imine (C=N–C) groups is 1. The Morgan fingerprint density at radius 2 is 2.00 bits per heavy atom. The maximum Gasteiger partial charge on any atom is 0.308 e. The van der Waals surface area contributed by atoms with Crippen LogP contribution in [0.4, 0.5) is 5.69 Å². The molecule has 0 aliphatic carbocycles. The summed E-state index contributed by atoms with van der Waals surface area (Å²) in [4.78, 5) is 41.6. The number of phenolic OH excluding ortho intramolecular Hbond substituents is 1. The second-order valence-corrected chi connectivity index (χ2v) is 8.93. The van der Waals surface area contributed by atoms with Crippen molar-refractivity contribution in [2.24, 2.45) is 4.99 Å². The first-order valence-electron chi connectivity index (χ1n) is 11.7. The van der Waals surface area contributed by atoms with Gasteiger partial charge in [-0.25, -0.2) is 0 Å². The fourth-order valence-electron chi connectivity index (χ4n) is 3.68. The molecule has 0 fully saturated rings. The smallest absolute Gasteiger partial charge is 0.308 e. The number of aliphatic hydroxyl groups is 1. The number of ether oxygens (including phenoxy) is 1. The molecule has 37 heavy (non-hydrogen) atoms. The number of benzene rings is 2. The fourth-order valence-corrected chi connectivity index (χ4v) is 3.98. The summed E-state index contributed by atoms with van der Waals surface area (Å²) in [6.07, 6.45) is -0.689. The summed E-state index contributed by atoms with van der Waals surface area (Å²) in [5.74, 6) is -1.38. The molecule has 2 unspecified atom stereocenters. The molecule has 0 saturated heterocycles. The molecular weight excluding hydrogens is 502 g/mol. The van der Waals surface area contributed by atoms with Crippen molar-refractivity contribution in [1.29, 1.82) is 0 Å². The van der Waals surface area contributed by atoms with E-state index in [0.29, 0.717) is 28.8 Å². The van der Waals surface area contributed by atoms with Crippen LogP contribution in [-0.2, 0) is 14.3 Å². The fraction of sp³-hybridized carbons (Fsp3) is 0.360. The van der Waals surface area contributed by atoms with Crippen LogP contribution < -0.4 is 21.3 Å². The maximum absolute atomic E-state index is 12.7. The number of amides is 2. The van der Waals surface area contributed by atoms with Crippen molar-refractivity contribution in [3.63, 3.8) is 0 Å². The van der Waals surface area contributed by atoms with E-state index in [-0.39, 0.29) is 37.4 Å². The molecule has 2 amide bonds. The zero-order valence-corrected chi connectivity index (χ0v) is 21.3. The number of aryl methyl sites for hydroxylation is 1. The molecule has 1 aliphatic heterocycles. The predicted octanol–water partition coefficient (Wildman–Crippen LogP) is 1.63. The number of esters is 1. The molecule has 6 N–H and O–H groups in total. The first-order chi connectivity index (χ1) is 17.6. The zero-order valence-electron chi connectivity index (χ0n) is 20.5. The number of hydrogen-bond donors (Lipinski definition) is 6. The molecule has 3 rings (SSSR count). The van der Waals surface area contributed by atoms with Crippen molar-refractivity contribution in [2.45, 2.75) is 32.4 Å². The second-order valence-electron chi connectivity index (χ2n) is 8.49. The summed E-state index contributed by atoms with van der Waals surface area (Å²) >= 11 is 6.16. The van der Waals surface area contributed by atoms with E-state index in [4.69, 9.17) is 16.3 Å². The Balaban J connectivity index is 1.64. The lowest BCUT2D eigenvalue weighted by Gasteiger charge is -2.20. The number of rotatable bonds is 9. The predicted molar refractivity (Wildman–Crippen MR) is 139 cm³/mol. The van der Waals surface area contributed by atoms with Gasteiger partial charge in [-0.2, -0.15) is 0 Å². The van der Waals surface area contributed by atoms with Crippen molar-refractivity contribution < 1.29 is 29.3 Å². The molecule has 2 aromatic rings. The van der Waals surface area contributed by atoms with Gasteiger partial charge in [-0.3, -0.25) is 19.4 Å². The summed E-state index contributed by atoms with van der Waals surface area (Å²) in [6, 6.07) is 8.67. The van der Waals surface area contributed by atoms with Gasteiger partial charge in [0.15, 0.2) is 5.96 Å². The summed E-state index contributed by atoms with van der Waals surface area (Å²) in [5.41, 5.74) is 1.99. The zero-order chi connectivity index (χ0) is 26.9. The topological polar surface area (TPSA) is 161 Å². The molecule has 0 bridgehead atoms. The number of aromatic hydroxyl groups is 1. The number of phenols is 1. The normalized spacial score (nSPS) is 15.6. The molecule has 0 radical (unpaired) electrons. The van der Waals surface area contributed by atoms with E-state index in [0.717, 1.165) is 5.56 Å². The Labute approximate surface area is 219 Å². The Kier molecular flexibility index (Phi) is 9.70. The number of nitrogens with one attached hydrogen (secondary N) is 4. The summed E-state index contributed by atoms with van der Waals surface area (Å²) in [5, 5.41) is 31.1. The van der Waals surface area contributed by atoms with E-state index < -0.39 is 29.9 Å². The Morgan fingerprint density at radius 1 is 1.22 bits per heavy atom. The number of carbonyl (C=O) groups excluding carboxylic acids is 3. The highest BCUT2D eigenvalue weighted by atomic mass is 35.5. The highest BCUT2D eigenvalue weighted by Crippen LogP contribution is 2.23. The Morgan fingerprint density at radius 3 is 2.68 bits per heavy atom. The van der Waals surface area contributed by atoms with Gasteiger partial charge in [0.1, 0.15) is 5.75 Å². The van der Waals surface area contributed by atoms with E-state index in [2.05, 4.69) is 26.3 Å². The van der Waals surface area contributed by atoms with Crippen molar-refractivity contribution in [3.05, 3.63) is 58.1 Å². The van der Waals surface area contributed by atoms with E-state index in [1.807, 2.05) is 13.0 Å². The van der Waals surface area contributed by atoms with Crippen molar-refractivity contribution in [2.75, 3.05) is 31.6 Å². The van der Waals surface area contributed by atoms with Crippen LogP contribution in [0.1, 0.15) is 40.9 Å². The molecule has 1 aliphatic rings. The quantitative estimate of drug-likeness (QED) is 0.266. The van der Waals surface area contributed by atoms with Crippen LogP contribution in [0.3, 0.4) is 0 Å². The Hall–Kier alpha value is -3.83. The summed E-state index contributed by atoms with van der Waals surface area (Å²) in [7, 11) is 0. The van der Waals surface area contributed by atoms with Crippen LogP contribution in [0, 0.1) is 6.92 Å². The van der Waals surface area contributed by atoms with Crippen LogP contribution in [0.5, 0.6) is 5.75 Å². The minimum Gasteiger partial charge on any atom is -0.508 e. The molecule has 198 valence electrons. The van der Waals surface area contributed by atoms with Crippen LogP contribution in [0.15, 0.2) is 41.4 Å². The number of nitrogens with zero attached hydrogens (tertiary/aromatic N) is 1. The molecule has 0 spiro atoms. The molecule has 2 atom stereocenters. The molecular formula is C25H30ClN5O6. The lowest BCUT2D eigenvalue weighted by Crippen LogP contribution is -2.42. The summed E-state index contributed by atoms with van der Waals surface area (Å²) in [6.45, 7) is 3.91. The Bertz CT molecular complexity index is 1170. The van der Waals surface area contributed by atoms with Gasteiger partial charge in [0.25, 0.3) is 5.91 Å². The van der Waals surface area contributed by atoms with Gasteiger partial charge in [-0.15, -0.1) is 0 Å². The first-order valence-corrected chi connectivity index (χ1v) is 12.1. The average molecular weight is 532 g/mol. The lowest BCUT2D eigenvalue weighted by atomic mass is 10.0. The van der Waals surface area contributed by atoms with E-state index in [1.54, 1.807) is 19.1 Å². The van der Waals surface area contributed by atoms with Crippen LogP contribution >= 0.6 is 11.6 Å². The number of halogens is 1. The summed E-state index contributed by atoms with van der Waals surface area (Å²) < 4.78 is 5.03. The number of guanidine groups is 1. The highest BCUT2D eigenvalue weighted by molar-refractivity contribution is 6.30. The minimum atomic E-state index is -0.709. The molecule has 0 saturated carbocycles. The van der Waals surface area contributed by atoms with Gasteiger partial charge in [-0.05, 0) is 49.2 Å². The van der Waals surface area contributed by atoms with E-state index in [1.165, 1.54) is 18.2 Å². The number of aliphatic hydroxyl groups excluding tert-OH is 1. The second kappa shape index (κ2) is 12.9. The number of hydrogen-bond acceptors (Lipinski definition) is 9. The van der Waals surface area contributed by atoms with Crippen molar-refractivity contribution in [1.82, 2.24) is 16.0 Å². The molecule has 1 heterocycles. The molecule has 11 nitrogen and oxygen atoms in total. The number of anilines is 1. The van der Waals surface area contributed by atoms with Gasteiger partial charge < -0.3 is 36.2 Å². The largest absolute Gasteiger partial charge is 0.508 e. The van der Waals surface area contributed by atoms with E-state index in [9.17, 15) is 24.6 Å². The van der Waals surface area contributed by atoms with Gasteiger partial charge in [0.2, 0.25) is 5.91 Å². The van der Waals surface area contributed by atoms with Crippen molar-refractivity contribution >= 4 is 41.0 Å². The molecule has 2 aromatic carbocycles. The highest BCUT2D eigenvalue weighted by Gasteiger charge is 2.21. The number of β-amino-alcohol motifs (C(OH)–C–C–N with tert-alkyl or cyclic N) is 1. The third kappa shape index (κ3) is 8.65. The third-order valence-electron chi connectivity index (χ3n) is 5.30. The standard InChI is InChI=1S/C25H30ClN5O6/c1-3-37-23(35)10-21(15-4-14(2)5-17(26)6-15)31-22(34)13-27-24(36)16-7-18(9-19(32)8-16)30-25-28-11-20(33)12-29-25/h4-9,20-21,32-33H,3,10-13H2,1-2H3,(H,27,36)(H,31,34)(H2,28,29,30). The number of carbonyl (C=O) groups is 3. The van der Waals surface area contributed by atoms with Crippen LogP contribution in [0.2, 0.25) is 5.02 Å². The monoisotopic (exact) mass is 531 g/mol. The lowest BCUT2D eigenvalue weighted by molar-refractivity contribution is -0.143. The first kappa shape index (κ1) is 27.8. The van der Waals surface area contributed by atoms with E-state index >= 15 is 0 Å². The van der Waals surface area contributed by atoms with Crippen LogP contribution in [0.25, 0.3) is 0 Å². The SMILES string of the molecule is CCOC(=O)CC(NC(=O)CNC(=O)c1cc(O)cc(NC2=NCC(O)CN2)c1)c1cc(C)cc(Cl)c1. The minimum absolute atomic E-state index is 0.107. The van der Waals surface area contributed by atoms with Crippen molar-refractivity contribution in [3.8, 4) is 5.75 Å². The van der Waals surface area contributed by atoms with Gasteiger partial charge in [-0.1, -0.05) is 17.7 Å². The van der Waals surface area contributed by atoms with Gasteiger partial charge >= 0.3 is 5.97 Å². The molecule has 12 heteroatoms. The maximum atomic E-state index is 12.7.